The number of aromatic amines is 1. The number of nitrogens with zero attached hydrogens (tertiary/aromatic N) is 1. The van der Waals surface area contributed by atoms with Crippen LogP contribution in [-0.2, 0) is 5.75 Å². The first kappa shape index (κ1) is 14.0. The Morgan fingerprint density at radius 2 is 2.05 bits per heavy atom. The van der Waals surface area contributed by atoms with E-state index in [2.05, 4.69) is 9.97 Å². The third kappa shape index (κ3) is 3.04. The van der Waals surface area contributed by atoms with Crippen molar-refractivity contribution in [3.63, 3.8) is 0 Å². The second-order valence-corrected chi connectivity index (χ2v) is 5.93. The predicted octanol–water partition coefficient (Wildman–Crippen LogP) is 3.45. The molecule has 0 bridgehead atoms. The van der Waals surface area contributed by atoms with Gasteiger partial charge in [0.15, 0.2) is 0 Å². The minimum Gasteiger partial charge on any atom is -0.399 e. The van der Waals surface area contributed by atoms with Crippen molar-refractivity contribution >= 4 is 40.1 Å². The number of rotatable bonds is 3. The van der Waals surface area contributed by atoms with Crippen LogP contribution in [0.4, 0.5) is 5.69 Å². The first-order chi connectivity index (χ1) is 10.1. The molecule has 1 aromatic heterocycles. The van der Waals surface area contributed by atoms with E-state index in [-0.39, 0.29) is 5.56 Å². The standard InChI is InChI=1S/C15H12ClN3OS/c16-10-7-9(17)5-6-14(10)21-8-13-15(20)19-12-4-2-1-3-11(12)18-13/h1-7H,8,17H2,(H,19,20). The fourth-order valence-corrected chi connectivity index (χ4v) is 3.15. The number of nitrogen functional groups attached to an aromatic ring is 1. The highest BCUT2D eigenvalue weighted by molar-refractivity contribution is 7.98. The first-order valence-corrected chi connectivity index (χ1v) is 7.65. The van der Waals surface area contributed by atoms with Crippen LogP contribution in [0.1, 0.15) is 5.69 Å². The lowest BCUT2D eigenvalue weighted by Crippen LogP contribution is -2.14. The van der Waals surface area contributed by atoms with Gasteiger partial charge >= 0.3 is 0 Å². The number of anilines is 1. The molecule has 0 saturated heterocycles. The molecule has 0 aliphatic heterocycles. The molecule has 4 nitrogen and oxygen atoms in total. The molecule has 21 heavy (non-hydrogen) atoms. The summed E-state index contributed by atoms with van der Waals surface area (Å²) in [6.07, 6.45) is 0. The van der Waals surface area contributed by atoms with E-state index in [4.69, 9.17) is 17.3 Å². The van der Waals surface area contributed by atoms with E-state index in [9.17, 15) is 4.79 Å². The van der Waals surface area contributed by atoms with E-state index >= 15 is 0 Å². The van der Waals surface area contributed by atoms with Gasteiger partial charge in [0.2, 0.25) is 0 Å². The summed E-state index contributed by atoms with van der Waals surface area (Å²) < 4.78 is 0. The van der Waals surface area contributed by atoms with Crippen LogP contribution in [0.2, 0.25) is 5.02 Å². The SMILES string of the molecule is Nc1ccc(SCc2nc3ccccc3[nH]c2=O)c(Cl)c1. The zero-order valence-electron chi connectivity index (χ0n) is 11.0. The average molecular weight is 318 g/mol. The molecule has 3 N–H and O–H groups in total. The topological polar surface area (TPSA) is 71.8 Å². The van der Waals surface area contributed by atoms with Gasteiger partial charge in [-0.15, -0.1) is 11.8 Å². The molecule has 0 atom stereocenters. The Labute approximate surface area is 130 Å². The van der Waals surface area contributed by atoms with Crippen LogP contribution in [0, 0.1) is 0 Å². The summed E-state index contributed by atoms with van der Waals surface area (Å²) in [7, 11) is 0. The van der Waals surface area contributed by atoms with Crippen LogP contribution in [0.15, 0.2) is 52.2 Å². The highest BCUT2D eigenvalue weighted by atomic mass is 35.5. The number of thioether (sulfide) groups is 1. The van der Waals surface area contributed by atoms with E-state index in [1.165, 1.54) is 11.8 Å². The molecule has 0 spiro atoms. The molecule has 0 fully saturated rings. The molecule has 0 unspecified atom stereocenters. The molecule has 1 heterocycles. The summed E-state index contributed by atoms with van der Waals surface area (Å²) in [5, 5.41) is 0.581. The second-order valence-electron chi connectivity index (χ2n) is 4.51. The molecule has 0 amide bonds. The first-order valence-electron chi connectivity index (χ1n) is 6.29. The van der Waals surface area contributed by atoms with Gasteiger partial charge in [-0.05, 0) is 30.3 Å². The monoisotopic (exact) mass is 317 g/mol. The molecular formula is C15H12ClN3OS. The summed E-state index contributed by atoms with van der Waals surface area (Å²) in [6, 6.07) is 12.8. The Morgan fingerprint density at radius 1 is 1.24 bits per heavy atom. The lowest BCUT2D eigenvalue weighted by atomic mass is 10.3. The molecular weight excluding hydrogens is 306 g/mol. The van der Waals surface area contributed by atoms with E-state index < -0.39 is 0 Å². The summed E-state index contributed by atoms with van der Waals surface area (Å²) in [5.41, 5.74) is 8.09. The smallest absolute Gasteiger partial charge is 0.271 e. The van der Waals surface area contributed by atoms with Gasteiger partial charge in [-0.25, -0.2) is 4.98 Å². The number of hydrogen-bond acceptors (Lipinski definition) is 4. The second kappa shape index (κ2) is 5.79. The highest BCUT2D eigenvalue weighted by Crippen LogP contribution is 2.30. The van der Waals surface area contributed by atoms with Crippen LogP contribution in [0.3, 0.4) is 0 Å². The number of fused-ring (bicyclic) bond motifs is 1. The largest absolute Gasteiger partial charge is 0.399 e. The van der Waals surface area contributed by atoms with Gasteiger partial charge in [0.05, 0.1) is 16.1 Å². The molecule has 0 aliphatic carbocycles. The van der Waals surface area contributed by atoms with Crippen molar-refractivity contribution in [2.24, 2.45) is 0 Å². The van der Waals surface area contributed by atoms with Gasteiger partial charge in [-0.2, -0.15) is 0 Å². The fraction of sp³-hybridized carbons (Fsp3) is 0.0667. The maximum atomic E-state index is 12.0. The third-order valence-electron chi connectivity index (χ3n) is 2.99. The van der Waals surface area contributed by atoms with Crippen molar-refractivity contribution in [1.29, 1.82) is 0 Å². The number of halogens is 1. The number of para-hydroxylation sites is 2. The summed E-state index contributed by atoms with van der Waals surface area (Å²) in [4.78, 5) is 20.1. The Bertz CT molecular complexity index is 863. The number of nitrogens with one attached hydrogen (secondary N) is 1. The van der Waals surface area contributed by atoms with Crippen molar-refractivity contribution in [1.82, 2.24) is 9.97 Å². The van der Waals surface area contributed by atoms with Crippen LogP contribution in [0.5, 0.6) is 0 Å². The zero-order valence-corrected chi connectivity index (χ0v) is 12.5. The van der Waals surface area contributed by atoms with Gasteiger partial charge < -0.3 is 10.7 Å². The summed E-state index contributed by atoms with van der Waals surface area (Å²) in [5.74, 6) is 0.448. The lowest BCUT2D eigenvalue weighted by molar-refractivity contribution is 1.10. The van der Waals surface area contributed by atoms with Gasteiger partial charge in [-0.3, -0.25) is 4.79 Å². The number of nitrogens with two attached hydrogens (primary N) is 1. The van der Waals surface area contributed by atoms with Gasteiger partial charge in [0.25, 0.3) is 5.56 Å². The third-order valence-corrected chi connectivity index (χ3v) is 4.50. The van der Waals surface area contributed by atoms with Crippen molar-refractivity contribution in [2.75, 3.05) is 5.73 Å². The molecule has 3 aromatic rings. The van der Waals surface area contributed by atoms with Crippen LogP contribution in [-0.4, -0.2) is 9.97 Å². The molecule has 0 radical (unpaired) electrons. The van der Waals surface area contributed by atoms with Crippen molar-refractivity contribution in [2.45, 2.75) is 10.6 Å². The molecule has 3 rings (SSSR count). The van der Waals surface area contributed by atoms with E-state index in [1.807, 2.05) is 30.3 Å². The highest BCUT2D eigenvalue weighted by Gasteiger charge is 2.07. The lowest BCUT2D eigenvalue weighted by Gasteiger charge is -2.05. The number of aromatic nitrogens is 2. The predicted molar refractivity (Wildman–Crippen MR) is 87.8 cm³/mol. The quantitative estimate of drug-likeness (QED) is 0.573. The molecule has 0 aliphatic rings. The van der Waals surface area contributed by atoms with Crippen LogP contribution in [0.25, 0.3) is 11.0 Å². The van der Waals surface area contributed by atoms with Crippen molar-refractivity contribution in [3.05, 3.63) is 63.5 Å². The van der Waals surface area contributed by atoms with E-state index in [0.29, 0.717) is 22.2 Å². The Hall–Kier alpha value is -1.98. The van der Waals surface area contributed by atoms with Gasteiger partial charge in [0.1, 0.15) is 5.69 Å². The maximum absolute atomic E-state index is 12.0. The summed E-state index contributed by atoms with van der Waals surface area (Å²) in [6.45, 7) is 0. The maximum Gasteiger partial charge on any atom is 0.271 e. The Morgan fingerprint density at radius 3 is 2.86 bits per heavy atom. The van der Waals surface area contributed by atoms with Crippen LogP contribution < -0.4 is 11.3 Å². The average Bonchev–Trinajstić information content (AvgIpc) is 2.46. The Balaban J connectivity index is 1.88. The minimum absolute atomic E-state index is 0.173. The fourth-order valence-electron chi connectivity index (χ4n) is 1.95. The van der Waals surface area contributed by atoms with Gasteiger partial charge in [0, 0.05) is 16.3 Å². The number of benzene rings is 2. The number of hydrogen-bond donors (Lipinski definition) is 2. The van der Waals surface area contributed by atoms with E-state index in [1.54, 1.807) is 12.1 Å². The molecule has 0 saturated carbocycles. The Kier molecular flexibility index (Phi) is 3.86. The van der Waals surface area contributed by atoms with Crippen molar-refractivity contribution in [3.8, 4) is 0 Å². The van der Waals surface area contributed by atoms with Crippen LogP contribution >= 0.6 is 23.4 Å². The number of H-pyrrole nitrogens is 1. The molecule has 6 heteroatoms. The normalized spacial score (nSPS) is 10.9. The molecule has 2 aromatic carbocycles. The van der Waals surface area contributed by atoms with Crippen molar-refractivity contribution < 1.29 is 0 Å². The molecule has 106 valence electrons. The van der Waals surface area contributed by atoms with E-state index in [0.717, 1.165) is 15.9 Å². The summed E-state index contributed by atoms with van der Waals surface area (Å²) >= 11 is 7.58. The van der Waals surface area contributed by atoms with Gasteiger partial charge in [-0.1, -0.05) is 23.7 Å². The minimum atomic E-state index is -0.173. The zero-order chi connectivity index (χ0) is 14.8.